The van der Waals surface area contributed by atoms with Gasteiger partial charge < -0.3 is 14.8 Å². The second kappa shape index (κ2) is 9.68. The van der Waals surface area contributed by atoms with Gasteiger partial charge in [-0.3, -0.25) is 4.79 Å². The fourth-order valence-corrected chi connectivity index (χ4v) is 2.83. The minimum absolute atomic E-state index is 0.0315. The van der Waals surface area contributed by atoms with Crippen molar-refractivity contribution in [3.05, 3.63) is 57.0 Å². The van der Waals surface area contributed by atoms with Crippen LogP contribution in [0, 0.1) is 23.7 Å². The highest BCUT2D eigenvalue weighted by Gasteiger charge is 2.14. The number of carbonyl (C=O) groups excluding carboxylic acids is 1. The highest BCUT2D eigenvalue weighted by molar-refractivity contribution is 9.10. The molecule has 2 rings (SSSR count). The van der Waals surface area contributed by atoms with Crippen LogP contribution in [0.1, 0.15) is 5.56 Å². The van der Waals surface area contributed by atoms with Gasteiger partial charge in [-0.05, 0) is 42.0 Å². The Kier molecular flexibility index (Phi) is 7.31. The van der Waals surface area contributed by atoms with Crippen LogP contribution >= 0.6 is 27.5 Å². The van der Waals surface area contributed by atoms with E-state index in [9.17, 15) is 10.1 Å². The van der Waals surface area contributed by atoms with E-state index in [1.54, 1.807) is 30.3 Å². The first-order valence-corrected chi connectivity index (χ1v) is 8.78. The molecule has 5 nitrogen and oxygen atoms in total. The molecule has 0 radical (unpaired) electrons. The Morgan fingerprint density at radius 3 is 2.81 bits per heavy atom. The fourth-order valence-electron chi connectivity index (χ4n) is 2.16. The van der Waals surface area contributed by atoms with Crippen LogP contribution in [0.2, 0.25) is 5.02 Å². The van der Waals surface area contributed by atoms with Gasteiger partial charge in [0.25, 0.3) is 5.91 Å². The zero-order valence-electron chi connectivity index (χ0n) is 14.3. The molecule has 27 heavy (non-hydrogen) atoms. The number of anilines is 1. The minimum Gasteiger partial charge on any atom is -0.493 e. The molecule has 0 aliphatic heterocycles. The molecule has 1 N–H and O–H groups in total. The van der Waals surface area contributed by atoms with Gasteiger partial charge in [0.2, 0.25) is 0 Å². The van der Waals surface area contributed by atoms with Crippen molar-refractivity contribution in [3.63, 3.8) is 0 Å². The molecule has 1 amide bonds. The summed E-state index contributed by atoms with van der Waals surface area (Å²) < 4.78 is 11.4. The molecule has 0 aliphatic carbocycles. The SMILES string of the molecule is C#CCOc1c(Cl)cc(/C=C(/C#N)C(=O)Nc2cccc(Br)c2)cc1OC. The normalized spacial score (nSPS) is 10.5. The van der Waals surface area contributed by atoms with Crippen LogP contribution in [0.4, 0.5) is 5.69 Å². The maximum Gasteiger partial charge on any atom is 0.266 e. The molecule has 7 heteroatoms. The fraction of sp³-hybridized carbons (Fsp3) is 0.100. The van der Waals surface area contributed by atoms with E-state index in [4.69, 9.17) is 27.5 Å². The molecule has 2 aromatic rings. The molecule has 136 valence electrons. The third-order valence-electron chi connectivity index (χ3n) is 3.31. The number of rotatable bonds is 6. The zero-order valence-corrected chi connectivity index (χ0v) is 16.6. The average molecular weight is 446 g/mol. The van der Waals surface area contributed by atoms with Gasteiger partial charge in [-0.15, -0.1) is 6.42 Å². The smallest absolute Gasteiger partial charge is 0.266 e. The number of halogens is 2. The first-order chi connectivity index (χ1) is 13.0. The van der Waals surface area contributed by atoms with Gasteiger partial charge >= 0.3 is 0 Å². The number of nitriles is 1. The summed E-state index contributed by atoms with van der Waals surface area (Å²) in [5, 5.41) is 12.3. The van der Waals surface area contributed by atoms with Gasteiger partial charge in [0.05, 0.1) is 12.1 Å². The standard InChI is InChI=1S/C20H14BrClN2O3/c1-3-7-27-19-17(22)9-13(10-18(19)26-2)8-14(12-23)20(25)24-16-6-4-5-15(21)11-16/h1,4-6,8-11H,7H2,2H3,(H,24,25)/b14-8-. The molecule has 0 aromatic heterocycles. The van der Waals surface area contributed by atoms with Gasteiger partial charge in [-0.2, -0.15) is 5.26 Å². The van der Waals surface area contributed by atoms with E-state index in [2.05, 4.69) is 27.2 Å². The van der Waals surface area contributed by atoms with Gasteiger partial charge in [-0.25, -0.2) is 0 Å². The molecule has 0 saturated heterocycles. The zero-order chi connectivity index (χ0) is 19.8. The van der Waals surface area contributed by atoms with Crippen molar-refractivity contribution in [2.75, 3.05) is 19.0 Å². The number of hydrogen-bond acceptors (Lipinski definition) is 4. The molecule has 0 unspecified atom stereocenters. The van der Waals surface area contributed by atoms with Crippen molar-refractivity contribution in [3.8, 4) is 29.9 Å². The van der Waals surface area contributed by atoms with Crippen LogP contribution in [-0.4, -0.2) is 19.6 Å². The van der Waals surface area contributed by atoms with Crippen LogP contribution in [0.5, 0.6) is 11.5 Å². The highest BCUT2D eigenvalue weighted by atomic mass is 79.9. The summed E-state index contributed by atoms with van der Waals surface area (Å²) in [7, 11) is 1.45. The quantitative estimate of drug-likeness (QED) is 0.398. The van der Waals surface area contributed by atoms with Crippen molar-refractivity contribution in [2.24, 2.45) is 0 Å². The number of hydrogen-bond donors (Lipinski definition) is 1. The second-order valence-electron chi connectivity index (χ2n) is 5.16. The number of carbonyl (C=O) groups is 1. The number of amides is 1. The topological polar surface area (TPSA) is 71.3 Å². The summed E-state index contributed by atoms with van der Waals surface area (Å²) in [5.41, 5.74) is 0.973. The number of methoxy groups -OCH3 is 1. The molecule has 0 atom stereocenters. The molecule has 0 fully saturated rings. The largest absolute Gasteiger partial charge is 0.493 e. The Morgan fingerprint density at radius 2 is 2.19 bits per heavy atom. The van der Waals surface area contributed by atoms with Crippen LogP contribution < -0.4 is 14.8 Å². The summed E-state index contributed by atoms with van der Waals surface area (Å²) in [6.45, 7) is 0.0315. The summed E-state index contributed by atoms with van der Waals surface area (Å²) in [6, 6.07) is 12.1. The third-order valence-corrected chi connectivity index (χ3v) is 4.08. The van der Waals surface area contributed by atoms with Gasteiger partial charge in [0, 0.05) is 10.2 Å². The maximum absolute atomic E-state index is 12.4. The van der Waals surface area contributed by atoms with Crippen molar-refractivity contribution >= 4 is 45.2 Å². The average Bonchev–Trinajstić information content (AvgIpc) is 2.64. The number of terminal acetylenes is 1. The van der Waals surface area contributed by atoms with E-state index >= 15 is 0 Å². The van der Waals surface area contributed by atoms with E-state index in [0.717, 1.165) is 4.47 Å². The lowest BCUT2D eigenvalue weighted by molar-refractivity contribution is -0.112. The summed E-state index contributed by atoms with van der Waals surface area (Å²) in [4.78, 5) is 12.4. The number of benzene rings is 2. The number of ether oxygens (including phenoxy) is 2. The van der Waals surface area contributed by atoms with Gasteiger partial charge in [0.15, 0.2) is 11.5 Å². The molecular formula is C20H14BrClN2O3. The Labute approximate surface area is 170 Å². The highest BCUT2D eigenvalue weighted by Crippen LogP contribution is 2.37. The minimum atomic E-state index is -0.543. The Bertz CT molecular complexity index is 974. The van der Waals surface area contributed by atoms with Gasteiger partial charge in [-0.1, -0.05) is 39.5 Å². The predicted molar refractivity (Wildman–Crippen MR) is 109 cm³/mol. The predicted octanol–water partition coefficient (Wildman–Crippen LogP) is 4.67. The molecular weight excluding hydrogens is 432 g/mol. The first-order valence-electron chi connectivity index (χ1n) is 7.61. The molecule has 2 aromatic carbocycles. The third kappa shape index (κ3) is 5.52. The maximum atomic E-state index is 12.4. The van der Waals surface area contributed by atoms with Crippen LogP contribution in [0.3, 0.4) is 0 Å². The Hall–Kier alpha value is -2.93. The molecule has 0 aliphatic rings. The Morgan fingerprint density at radius 1 is 1.41 bits per heavy atom. The lowest BCUT2D eigenvalue weighted by Gasteiger charge is -2.12. The van der Waals surface area contributed by atoms with E-state index in [-0.39, 0.29) is 17.2 Å². The lowest BCUT2D eigenvalue weighted by Crippen LogP contribution is -2.13. The summed E-state index contributed by atoms with van der Waals surface area (Å²) >= 11 is 9.54. The first kappa shape index (κ1) is 20.4. The van der Waals surface area contributed by atoms with E-state index < -0.39 is 5.91 Å². The number of nitrogens with one attached hydrogen (secondary N) is 1. The van der Waals surface area contributed by atoms with Crippen molar-refractivity contribution in [1.29, 1.82) is 5.26 Å². The number of nitrogens with zero attached hydrogens (tertiary/aromatic N) is 1. The van der Waals surface area contributed by atoms with Crippen molar-refractivity contribution in [2.45, 2.75) is 0 Å². The molecule has 0 spiro atoms. The van der Waals surface area contributed by atoms with Crippen LogP contribution in [0.15, 0.2) is 46.4 Å². The van der Waals surface area contributed by atoms with E-state index in [1.807, 2.05) is 12.1 Å². The van der Waals surface area contributed by atoms with Gasteiger partial charge in [0.1, 0.15) is 18.2 Å². The Balaban J connectivity index is 2.31. The summed E-state index contributed by atoms with van der Waals surface area (Å²) in [5.74, 6) is 2.44. The van der Waals surface area contributed by atoms with E-state index in [1.165, 1.54) is 13.2 Å². The van der Waals surface area contributed by atoms with E-state index in [0.29, 0.717) is 22.7 Å². The summed E-state index contributed by atoms with van der Waals surface area (Å²) in [6.07, 6.45) is 6.60. The molecule has 0 bridgehead atoms. The lowest BCUT2D eigenvalue weighted by atomic mass is 10.1. The molecule has 0 saturated carbocycles. The van der Waals surface area contributed by atoms with Crippen molar-refractivity contribution < 1.29 is 14.3 Å². The monoisotopic (exact) mass is 444 g/mol. The van der Waals surface area contributed by atoms with Crippen LogP contribution in [0.25, 0.3) is 6.08 Å². The van der Waals surface area contributed by atoms with Crippen LogP contribution in [-0.2, 0) is 4.79 Å². The second-order valence-corrected chi connectivity index (χ2v) is 6.48. The molecule has 0 heterocycles. The van der Waals surface area contributed by atoms with Crippen molar-refractivity contribution in [1.82, 2.24) is 0 Å².